The summed E-state index contributed by atoms with van der Waals surface area (Å²) in [6.45, 7) is 2.88. The summed E-state index contributed by atoms with van der Waals surface area (Å²) in [5.74, 6) is -0.0877. The highest BCUT2D eigenvalue weighted by molar-refractivity contribution is 5.77. The van der Waals surface area contributed by atoms with E-state index in [9.17, 15) is 9.18 Å². The molecule has 5 nitrogen and oxygen atoms in total. The maximum Gasteiger partial charge on any atom is 0.222 e. The molecule has 0 N–H and O–H groups in total. The molecule has 2 aromatic heterocycles. The Morgan fingerprint density at radius 3 is 2.88 bits per heavy atom. The summed E-state index contributed by atoms with van der Waals surface area (Å²) in [4.78, 5) is 24.7. The molecule has 1 spiro atoms. The van der Waals surface area contributed by atoms with Gasteiger partial charge in [0, 0.05) is 43.9 Å². The van der Waals surface area contributed by atoms with Crippen molar-refractivity contribution in [3.8, 4) is 0 Å². The zero-order chi connectivity index (χ0) is 18.0. The lowest BCUT2D eigenvalue weighted by atomic mass is 9.73. The van der Waals surface area contributed by atoms with E-state index in [1.54, 1.807) is 18.5 Å². The molecule has 2 saturated heterocycles. The Morgan fingerprint density at radius 1 is 1.15 bits per heavy atom. The van der Waals surface area contributed by atoms with Gasteiger partial charge in [-0.1, -0.05) is 6.07 Å². The first kappa shape index (κ1) is 16.9. The summed E-state index contributed by atoms with van der Waals surface area (Å²) in [6, 6.07) is 7.52. The van der Waals surface area contributed by atoms with E-state index in [2.05, 4.69) is 14.9 Å². The quantitative estimate of drug-likeness (QED) is 0.850. The summed E-state index contributed by atoms with van der Waals surface area (Å²) < 4.78 is 14.2. The van der Waals surface area contributed by atoms with Crippen LogP contribution in [-0.4, -0.2) is 40.4 Å². The first-order valence-corrected chi connectivity index (χ1v) is 9.17. The fourth-order valence-electron chi connectivity index (χ4n) is 4.30. The van der Waals surface area contributed by atoms with E-state index >= 15 is 0 Å². The van der Waals surface area contributed by atoms with Gasteiger partial charge < -0.3 is 9.80 Å². The molecule has 0 radical (unpaired) electrons. The Balaban J connectivity index is 1.52. The second-order valence-corrected chi connectivity index (χ2v) is 7.42. The minimum absolute atomic E-state index is 0.0245. The number of piperidine rings is 2. The molecule has 0 saturated carbocycles. The molecule has 0 aliphatic carbocycles. The summed E-state index contributed by atoms with van der Waals surface area (Å²) in [7, 11) is 0. The average Bonchev–Trinajstić information content (AvgIpc) is 2.66. The van der Waals surface area contributed by atoms with Crippen molar-refractivity contribution in [2.24, 2.45) is 5.41 Å². The number of rotatable bonds is 3. The molecule has 136 valence electrons. The zero-order valence-corrected chi connectivity index (χ0v) is 14.8. The third kappa shape index (κ3) is 3.41. The van der Waals surface area contributed by atoms with Crippen molar-refractivity contribution < 1.29 is 9.18 Å². The zero-order valence-electron chi connectivity index (χ0n) is 14.8. The van der Waals surface area contributed by atoms with E-state index in [1.165, 1.54) is 6.20 Å². The number of likely N-dealkylation sites (tertiary alicyclic amines) is 1. The predicted molar refractivity (Wildman–Crippen MR) is 97.0 cm³/mol. The lowest BCUT2D eigenvalue weighted by Gasteiger charge is -2.48. The Morgan fingerprint density at radius 2 is 2.08 bits per heavy atom. The van der Waals surface area contributed by atoms with E-state index in [-0.39, 0.29) is 17.1 Å². The van der Waals surface area contributed by atoms with Crippen LogP contribution in [0.4, 0.5) is 10.1 Å². The number of amides is 1. The maximum atomic E-state index is 14.2. The van der Waals surface area contributed by atoms with Crippen LogP contribution in [0.2, 0.25) is 0 Å². The van der Waals surface area contributed by atoms with Crippen LogP contribution >= 0.6 is 0 Å². The number of pyridine rings is 2. The molecule has 2 fully saturated rings. The third-order valence-corrected chi connectivity index (χ3v) is 5.58. The van der Waals surface area contributed by atoms with Crippen LogP contribution in [0, 0.1) is 11.2 Å². The number of aromatic nitrogens is 2. The SMILES string of the molecule is O=C1CC[C@]2(CCCN(c3ccncc3F)C2)CN1Cc1ccccn1. The third-order valence-electron chi connectivity index (χ3n) is 5.58. The topological polar surface area (TPSA) is 49.3 Å². The Kier molecular flexibility index (Phi) is 4.57. The fraction of sp³-hybridized carbons (Fsp3) is 0.450. The second-order valence-electron chi connectivity index (χ2n) is 7.42. The number of carbonyl (C=O) groups is 1. The predicted octanol–water partition coefficient (Wildman–Crippen LogP) is 3.02. The van der Waals surface area contributed by atoms with Gasteiger partial charge in [-0.15, -0.1) is 0 Å². The Hall–Kier alpha value is -2.50. The second kappa shape index (κ2) is 7.02. The normalized spacial score (nSPS) is 23.5. The summed E-state index contributed by atoms with van der Waals surface area (Å²) in [6.07, 6.45) is 8.17. The highest BCUT2D eigenvalue weighted by Gasteiger charge is 2.42. The Bertz CT molecular complexity index is 784. The van der Waals surface area contributed by atoms with Gasteiger partial charge in [-0.3, -0.25) is 14.8 Å². The van der Waals surface area contributed by atoms with Gasteiger partial charge >= 0.3 is 0 Å². The van der Waals surface area contributed by atoms with Crippen LogP contribution in [0.5, 0.6) is 0 Å². The van der Waals surface area contributed by atoms with Gasteiger partial charge in [0.25, 0.3) is 0 Å². The smallest absolute Gasteiger partial charge is 0.222 e. The maximum absolute atomic E-state index is 14.2. The number of hydrogen-bond donors (Lipinski definition) is 0. The highest BCUT2D eigenvalue weighted by Crippen LogP contribution is 2.40. The molecule has 2 aliphatic rings. The molecule has 4 heterocycles. The van der Waals surface area contributed by atoms with Crippen molar-refractivity contribution in [3.05, 3.63) is 54.4 Å². The van der Waals surface area contributed by atoms with Crippen molar-refractivity contribution >= 4 is 11.6 Å². The van der Waals surface area contributed by atoms with E-state index < -0.39 is 0 Å². The van der Waals surface area contributed by atoms with Gasteiger partial charge in [0.1, 0.15) is 0 Å². The van der Waals surface area contributed by atoms with Crippen molar-refractivity contribution in [2.45, 2.75) is 32.2 Å². The van der Waals surface area contributed by atoms with Crippen LogP contribution in [0.3, 0.4) is 0 Å². The molecule has 6 heteroatoms. The van der Waals surface area contributed by atoms with E-state index in [0.717, 1.165) is 38.0 Å². The number of nitrogens with zero attached hydrogens (tertiary/aromatic N) is 4. The number of hydrogen-bond acceptors (Lipinski definition) is 4. The van der Waals surface area contributed by atoms with Crippen LogP contribution < -0.4 is 4.90 Å². The molecular weight excluding hydrogens is 331 g/mol. The van der Waals surface area contributed by atoms with Gasteiger partial charge in [-0.25, -0.2) is 4.39 Å². The molecule has 26 heavy (non-hydrogen) atoms. The monoisotopic (exact) mass is 354 g/mol. The van der Waals surface area contributed by atoms with Gasteiger partial charge in [-0.2, -0.15) is 0 Å². The number of anilines is 1. The molecule has 0 bridgehead atoms. The molecule has 0 aromatic carbocycles. The summed E-state index contributed by atoms with van der Waals surface area (Å²) in [5.41, 5.74) is 1.55. The molecular formula is C20H23FN4O. The standard InChI is InChI=1S/C20H23FN4O/c21-17-12-22-10-6-18(17)24-11-3-7-20(14-24)8-5-19(26)25(15-20)13-16-4-1-2-9-23-16/h1-2,4,6,9-10,12H,3,5,7-8,11,13-15H2/t20-/m0/s1. The lowest BCUT2D eigenvalue weighted by Crippen LogP contribution is -2.54. The molecule has 2 aliphatic heterocycles. The minimum Gasteiger partial charge on any atom is -0.368 e. The van der Waals surface area contributed by atoms with Crippen LogP contribution in [0.15, 0.2) is 42.9 Å². The number of halogens is 1. The minimum atomic E-state index is -0.276. The summed E-state index contributed by atoms with van der Waals surface area (Å²) in [5, 5.41) is 0. The van der Waals surface area contributed by atoms with Gasteiger partial charge in [0.05, 0.1) is 24.1 Å². The first-order valence-electron chi connectivity index (χ1n) is 9.17. The van der Waals surface area contributed by atoms with Crippen LogP contribution in [0.1, 0.15) is 31.4 Å². The summed E-state index contributed by atoms with van der Waals surface area (Å²) >= 11 is 0. The fourth-order valence-corrected chi connectivity index (χ4v) is 4.30. The lowest BCUT2D eigenvalue weighted by molar-refractivity contribution is -0.138. The average molecular weight is 354 g/mol. The molecule has 4 rings (SSSR count). The largest absolute Gasteiger partial charge is 0.368 e. The van der Waals surface area contributed by atoms with E-state index in [0.29, 0.717) is 25.2 Å². The van der Waals surface area contributed by atoms with Crippen LogP contribution in [-0.2, 0) is 11.3 Å². The van der Waals surface area contributed by atoms with Crippen molar-refractivity contribution in [1.29, 1.82) is 0 Å². The molecule has 1 atom stereocenters. The van der Waals surface area contributed by atoms with Crippen molar-refractivity contribution in [3.63, 3.8) is 0 Å². The highest BCUT2D eigenvalue weighted by atomic mass is 19.1. The number of carbonyl (C=O) groups excluding carboxylic acids is 1. The van der Waals surface area contributed by atoms with Crippen molar-refractivity contribution in [2.75, 3.05) is 24.5 Å². The molecule has 1 amide bonds. The van der Waals surface area contributed by atoms with Gasteiger partial charge in [0.15, 0.2) is 5.82 Å². The van der Waals surface area contributed by atoms with E-state index in [1.807, 2.05) is 23.1 Å². The Labute approximate surface area is 152 Å². The van der Waals surface area contributed by atoms with E-state index in [4.69, 9.17) is 0 Å². The van der Waals surface area contributed by atoms with Crippen molar-refractivity contribution in [1.82, 2.24) is 14.9 Å². The molecule has 0 unspecified atom stereocenters. The van der Waals surface area contributed by atoms with Gasteiger partial charge in [-0.05, 0) is 37.5 Å². The van der Waals surface area contributed by atoms with Crippen LogP contribution in [0.25, 0.3) is 0 Å². The van der Waals surface area contributed by atoms with Gasteiger partial charge in [0.2, 0.25) is 5.91 Å². The molecule has 2 aromatic rings. The first-order chi connectivity index (χ1) is 12.7.